The Morgan fingerprint density at radius 1 is 1.16 bits per heavy atom. The van der Waals surface area contributed by atoms with Gasteiger partial charge in [-0.2, -0.15) is 4.98 Å². The summed E-state index contributed by atoms with van der Waals surface area (Å²) in [7, 11) is 0. The molecule has 0 amide bonds. The number of anilines is 4. The second-order valence-corrected chi connectivity index (χ2v) is 6.16. The third kappa shape index (κ3) is 3.80. The van der Waals surface area contributed by atoms with Crippen LogP contribution in [0.2, 0.25) is 0 Å². The number of hydrogen-bond donors (Lipinski definition) is 3. The summed E-state index contributed by atoms with van der Waals surface area (Å²) < 4.78 is 19.2. The molecule has 8 heteroatoms. The van der Waals surface area contributed by atoms with Gasteiger partial charge >= 0.3 is 0 Å². The quantitative estimate of drug-likeness (QED) is 0.760. The molecule has 25 heavy (non-hydrogen) atoms. The number of halogens is 1. The SMILES string of the molecule is Fc1cnc(Nc2ccc(N3CCOCC3)cc2)nc1NC1CNC1. The van der Waals surface area contributed by atoms with Gasteiger partial charge in [-0.1, -0.05) is 0 Å². The first kappa shape index (κ1) is 16.0. The van der Waals surface area contributed by atoms with Crippen LogP contribution in [-0.4, -0.2) is 55.4 Å². The Morgan fingerprint density at radius 3 is 2.60 bits per heavy atom. The number of aromatic nitrogens is 2. The van der Waals surface area contributed by atoms with Crippen LogP contribution in [0.15, 0.2) is 30.5 Å². The van der Waals surface area contributed by atoms with Crippen LogP contribution in [0.25, 0.3) is 0 Å². The smallest absolute Gasteiger partial charge is 0.229 e. The molecule has 0 bridgehead atoms. The van der Waals surface area contributed by atoms with E-state index in [-0.39, 0.29) is 11.9 Å². The monoisotopic (exact) mass is 344 g/mol. The van der Waals surface area contributed by atoms with Crippen molar-refractivity contribution < 1.29 is 9.13 Å². The highest BCUT2D eigenvalue weighted by molar-refractivity contribution is 5.60. The largest absolute Gasteiger partial charge is 0.378 e. The average Bonchev–Trinajstić information content (AvgIpc) is 2.62. The van der Waals surface area contributed by atoms with Crippen molar-refractivity contribution in [2.45, 2.75) is 6.04 Å². The van der Waals surface area contributed by atoms with E-state index in [2.05, 4.69) is 43.0 Å². The summed E-state index contributed by atoms with van der Waals surface area (Å²) in [5.41, 5.74) is 2.02. The molecule has 0 aliphatic carbocycles. The van der Waals surface area contributed by atoms with Crippen LogP contribution in [-0.2, 0) is 4.74 Å². The van der Waals surface area contributed by atoms with Crippen LogP contribution < -0.4 is 20.9 Å². The number of morpholine rings is 1. The van der Waals surface area contributed by atoms with Gasteiger partial charge < -0.3 is 25.6 Å². The number of nitrogens with zero attached hydrogens (tertiary/aromatic N) is 3. The Morgan fingerprint density at radius 2 is 1.92 bits per heavy atom. The van der Waals surface area contributed by atoms with Gasteiger partial charge in [-0.25, -0.2) is 9.37 Å². The molecule has 3 heterocycles. The molecule has 2 saturated heterocycles. The van der Waals surface area contributed by atoms with Crippen LogP contribution in [0.1, 0.15) is 0 Å². The predicted molar refractivity (Wildman–Crippen MR) is 95.0 cm³/mol. The molecule has 2 aliphatic heterocycles. The van der Waals surface area contributed by atoms with Crippen molar-refractivity contribution >= 4 is 23.1 Å². The van der Waals surface area contributed by atoms with Crippen molar-refractivity contribution in [3.63, 3.8) is 0 Å². The van der Waals surface area contributed by atoms with Crippen molar-refractivity contribution in [2.24, 2.45) is 0 Å². The number of ether oxygens (including phenoxy) is 1. The van der Waals surface area contributed by atoms with Gasteiger partial charge in [-0.05, 0) is 24.3 Å². The lowest BCUT2D eigenvalue weighted by molar-refractivity contribution is 0.122. The molecule has 2 fully saturated rings. The molecule has 2 aliphatic rings. The third-order valence-corrected chi connectivity index (χ3v) is 4.37. The lowest BCUT2D eigenvalue weighted by Crippen LogP contribution is -2.51. The highest BCUT2D eigenvalue weighted by Gasteiger charge is 2.19. The molecule has 0 spiro atoms. The Labute approximate surface area is 145 Å². The second-order valence-electron chi connectivity index (χ2n) is 6.16. The molecule has 0 radical (unpaired) electrons. The second kappa shape index (κ2) is 7.20. The Bertz CT molecular complexity index is 716. The zero-order chi connectivity index (χ0) is 17.1. The lowest BCUT2D eigenvalue weighted by atomic mass is 10.2. The molecule has 4 rings (SSSR count). The minimum Gasteiger partial charge on any atom is -0.378 e. The molecule has 2 aromatic rings. The van der Waals surface area contributed by atoms with E-state index >= 15 is 0 Å². The van der Waals surface area contributed by atoms with Gasteiger partial charge in [0.25, 0.3) is 0 Å². The molecule has 1 aromatic carbocycles. The van der Waals surface area contributed by atoms with Crippen molar-refractivity contribution in [3.8, 4) is 0 Å². The van der Waals surface area contributed by atoms with E-state index in [1.165, 1.54) is 6.20 Å². The van der Waals surface area contributed by atoms with Crippen molar-refractivity contribution in [3.05, 3.63) is 36.3 Å². The highest BCUT2D eigenvalue weighted by atomic mass is 19.1. The van der Waals surface area contributed by atoms with E-state index in [1.54, 1.807) is 0 Å². The van der Waals surface area contributed by atoms with Crippen LogP contribution in [0.3, 0.4) is 0 Å². The van der Waals surface area contributed by atoms with E-state index in [9.17, 15) is 4.39 Å². The molecule has 0 saturated carbocycles. The Hall–Kier alpha value is -2.45. The Kier molecular flexibility index (Phi) is 4.62. The van der Waals surface area contributed by atoms with Gasteiger partial charge in [0.2, 0.25) is 5.95 Å². The Balaban J connectivity index is 1.43. The summed E-state index contributed by atoms with van der Waals surface area (Å²) in [6.45, 7) is 4.95. The maximum absolute atomic E-state index is 13.8. The maximum atomic E-state index is 13.8. The van der Waals surface area contributed by atoms with E-state index in [1.807, 2.05) is 12.1 Å². The van der Waals surface area contributed by atoms with E-state index in [0.29, 0.717) is 5.95 Å². The number of benzene rings is 1. The minimum atomic E-state index is -0.444. The van der Waals surface area contributed by atoms with Gasteiger partial charge in [0, 0.05) is 37.6 Å². The molecular weight excluding hydrogens is 323 g/mol. The van der Waals surface area contributed by atoms with Gasteiger partial charge in [-0.3, -0.25) is 0 Å². The summed E-state index contributed by atoms with van der Waals surface area (Å²) in [6.07, 6.45) is 1.19. The first-order valence-corrected chi connectivity index (χ1v) is 8.47. The molecule has 7 nitrogen and oxygen atoms in total. The molecule has 3 N–H and O–H groups in total. The lowest BCUT2D eigenvalue weighted by Gasteiger charge is -2.29. The standard InChI is InChI=1S/C17H21FN6O/c18-15-11-20-17(23-16(15)21-13-9-19-10-13)22-12-1-3-14(4-2-12)24-5-7-25-8-6-24/h1-4,11,13,19H,5-10H2,(H2,20,21,22,23). The predicted octanol–water partition coefficient (Wildman–Crippen LogP) is 1.58. The van der Waals surface area contributed by atoms with Crippen LogP contribution >= 0.6 is 0 Å². The van der Waals surface area contributed by atoms with Gasteiger partial charge in [-0.15, -0.1) is 0 Å². The number of rotatable bonds is 5. The van der Waals surface area contributed by atoms with Crippen molar-refractivity contribution in [1.82, 2.24) is 15.3 Å². The van der Waals surface area contributed by atoms with Gasteiger partial charge in [0.15, 0.2) is 11.6 Å². The maximum Gasteiger partial charge on any atom is 0.229 e. The van der Waals surface area contributed by atoms with E-state index in [0.717, 1.165) is 50.8 Å². The zero-order valence-corrected chi connectivity index (χ0v) is 13.8. The fourth-order valence-corrected chi connectivity index (χ4v) is 2.82. The molecule has 0 unspecified atom stereocenters. The van der Waals surface area contributed by atoms with Crippen LogP contribution in [0, 0.1) is 5.82 Å². The first-order valence-electron chi connectivity index (χ1n) is 8.47. The van der Waals surface area contributed by atoms with Crippen molar-refractivity contribution in [1.29, 1.82) is 0 Å². The molecular formula is C17H21FN6O. The third-order valence-electron chi connectivity index (χ3n) is 4.37. The topological polar surface area (TPSA) is 74.3 Å². The van der Waals surface area contributed by atoms with E-state index < -0.39 is 5.82 Å². The summed E-state index contributed by atoms with van der Waals surface area (Å²) in [5, 5.41) is 9.33. The highest BCUT2D eigenvalue weighted by Crippen LogP contribution is 2.22. The fourth-order valence-electron chi connectivity index (χ4n) is 2.82. The normalized spacial score (nSPS) is 17.9. The first-order chi connectivity index (χ1) is 12.3. The number of hydrogen-bond acceptors (Lipinski definition) is 7. The van der Waals surface area contributed by atoms with Gasteiger partial charge in [0.05, 0.1) is 25.5 Å². The summed E-state index contributed by atoms with van der Waals surface area (Å²) >= 11 is 0. The zero-order valence-electron chi connectivity index (χ0n) is 13.8. The summed E-state index contributed by atoms with van der Waals surface area (Å²) in [5.74, 6) is 0.157. The number of nitrogens with one attached hydrogen (secondary N) is 3. The van der Waals surface area contributed by atoms with E-state index in [4.69, 9.17) is 4.74 Å². The minimum absolute atomic E-state index is 0.213. The van der Waals surface area contributed by atoms with Crippen LogP contribution in [0.5, 0.6) is 0 Å². The van der Waals surface area contributed by atoms with Crippen molar-refractivity contribution in [2.75, 3.05) is 54.9 Å². The molecule has 0 atom stereocenters. The van der Waals surface area contributed by atoms with Gasteiger partial charge in [0.1, 0.15) is 0 Å². The molecule has 1 aromatic heterocycles. The average molecular weight is 344 g/mol. The fraction of sp³-hybridized carbons (Fsp3) is 0.412. The van der Waals surface area contributed by atoms with Crippen LogP contribution in [0.4, 0.5) is 27.5 Å². The summed E-state index contributed by atoms with van der Waals surface area (Å²) in [6, 6.07) is 8.26. The molecule has 132 valence electrons. The summed E-state index contributed by atoms with van der Waals surface area (Å²) in [4.78, 5) is 10.5.